The summed E-state index contributed by atoms with van der Waals surface area (Å²) in [6.07, 6.45) is 5.74. The van der Waals surface area contributed by atoms with Gasteiger partial charge in [-0.25, -0.2) is 0 Å². The van der Waals surface area contributed by atoms with Crippen LogP contribution >= 0.6 is 22.6 Å². The molecule has 3 atom stereocenters. The minimum atomic E-state index is -1.12. The third-order valence-electron chi connectivity index (χ3n) is 6.75. The Bertz CT molecular complexity index is 964. The molecular formula is C21H33IN4O2Si. The Kier molecular flexibility index (Phi) is 5.89. The second kappa shape index (κ2) is 7.99. The van der Waals surface area contributed by atoms with Crippen molar-refractivity contribution in [2.45, 2.75) is 64.6 Å². The third-order valence-corrected chi connectivity index (χ3v) is 9.27. The quantitative estimate of drug-likeness (QED) is 0.306. The van der Waals surface area contributed by atoms with Crippen molar-refractivity contribution in [1.29, 1.82) is 0 Å². The molecule has 0 aromatic carbocycles. The van der Waals surface area contributed by atoms with Gasteiger partial charge in [-0.2, -0.15) is 4.98 Å². The molecule has 29 heavy (non-hydrogen) atoms. The van der Waals surface area contributed by atoms with Crippen LogP contribution in [-0.2, 0) is 18.5 Å². The molecule has 0 N–H and O–H groups in total. The highest BCUT2D eigenvalue weighted by atomic mass is 127. The van der Waals surface area contributed by atoms with Crippen molar-refractivity contribution in [1.82, 2.24) is 14.1 Å². The first-order valence-electron chi connectivity index (χ1n) is 10.8. The fraction of sp³-hybridized carbons (Fsp3) is 0.714. The molecule has 0 amide bonds. The van der Waals surface area contributed by atoms with Gasteiger partial charge in [0.15, 0.2) is 5.65 Å². The van der Waals surface area contributed by atoms with Crippen molar-refractivity contribution < 1.29 is 4.74 Å². The SMILES string of the molecule is CC[C@H]1[C@H]2CC[C@@H]1N(c1nc3c(c(I)cn3COCC[Si](C)(C)C)c(=O)n1C)C2. The van der Waals surface area contributed by atoms with E-state index in [-0.39, 0.29) is 5.56 Å². The van der Waals surface area contributed by atoms with Gasteiger partial charge in [0.25, 0.3) is 5.56 Å². The Hall–Kier alpha value is -0.873. The largest absolute Gasteiger partial charge is 0.361 e. The maximum Gasteiger partial charge on any atom is 0.265 e. The number of nitrogens with zero attached hydrogens (tertiary/aromatic N) is 4. The molecule has 0 spiro atoms. The highest BCUT2D eigenvalue weighted by molar-refractivity contribution is 14.1. The van der Waals surface area contributed by atoms with Crippen LogP contribution in [0.15, 0.2) is 11.0 Å². The van der Waals surface area contributed by atoms with Crippen LogP contribution in [0.4, 0.5) is 5.95 Å². The van der Waals surface area contributed by atoms with Crippen LogP contribution in [0, 0.1) is 15.4 Å². The molecule has 3 heterocycles. The monoisotopic (exact) mass is 528 g/mol. The van der Waals surface area contributed by atoms with Crippen molar-refractivity contribution in [3.05, 3.63) is 20.1 Å². The summed E-state index contributed by atoms with van der Waals surface area (Å²) in [6, 6.07) is 1.66. The second-order valence-electron chi connectivity index (χ2n) is 9.90. The van der Waals surface area contributed by atoms with Crippen LogP contribution < -0.4 is 10.5 Å². The molecule has 1 aliphatic carbocycles. The predicted octanol–water partition coefficient (Wildman–Crippen LogP) is 4.28. The first-order chi connectivity index (χ1) is 13.7. The van der Waals surface area contributed by atoms with Crippen LogP contribution in [0.2, 0.25) is 25.7 Å². The van der Waals surface area contributed by atoms with E-state index in [2.05, 4.69) is 54.1 Å². The highest BCUT2D eigenvalue weighted by Crippen LogP contribution is 2.45. The van der Waals surface area contributed by atoms with Gasteiger partial charge in [0.05, 0.1) is 5.39 Å². The zero-order valence-corrected chi connectivity index (χ0v) is 21.4. The molecule has 0 radical (unpaired) electrons. The number of anilines is 1. The summed E-state index contributed by atoms with van der Waals surface area (Å²) < 4.78 is 10.7. The Morgan fingerprint density at radius 1 is 1.31 bits per heavy atom. The predicted molar refractivity (Wildman–Crippen MR) is 129 cm³/mol. The lowest BCUT2D eigenvalue weighted by atomic mass is 9.96. The summed E-state index contributed by atoms with van der Waals surface area (Å²) >= 11 is 2.25. The molecule has 6 nitrogen and oxygen atoms in total. The molecule has 2 bridgehead atoms. The van der Waals surface area contributed by atoms with Gasteiger partial charge in [-0.15, -0.1) is 0 Å². The summed E-state index contributed by atoms with van der Waals surface area (Å²) in [5, 5.41) is 0.710. The van der Waals surface area contributed by atoms with Gasteiger partial charge in [0.1, 0.15) is 6.73 Å². The molecule has 1 saturated carbocycles. The Labute approximate surface area is 187 Å². The summed E-state index contributed by atoms with van der Waals surface area (Å²) in [5.74, 6) is 2.31. The molecule has 2 aliphatic rings. The van der Waals surface area contributed by atoms with E-state index in [4.69, 9.17) is 9.72 Å². The summed E-state index contributed by atoms with van der Waals surface area (Å²) in [5.41, 5.74) is 0.808. The van der Waals surface area contributed by atoms with Crippen LogP contribution in [0.25, 0.3) is 11.0 Å². The van der Waals surface area contributed by atoms with E-state index in [9.17, 15) is 4.79 Å². The zero-order chi connectivity index (χ0) is 20.9. The second-order valence-corrected chi connectivity index (χ2v) is 16.7. The van der Waals surface area contributed by atoms with E-state index >= 15 is 0 Å². The Morgan fingerprint density at radius 3 is 2.72 bits per heavy atom. The molecule has 2 fully saturated rings. The number of aromatic nitrogens is 3. The number of fused-ring (bicyclic) bond motifs is 3. The van der Waals surface area contributed by atoms with Crippen molar-refractivity contribution in [3.8, 4) is 0 Å². The smallest absolute Gasteiger partial charge is 0.265 e. The molecule has 4 rings (SSSR count). The van der Waals surface area contributed by atoms with Crippen molar-refractivity contribution in [2.75, 3.05) is 18.1 Å². The number of hydrogen-bond acceptors (Lipinski definition) is 4. The minimum absolute atomic E-state index is 0.0473. The van der Waals surface area contributed by atoms with Crippen molar-refractivity contribution in [3.63, 3.8) is 0 Å². The standard InChI is InChI=1S/C21H33IN4O2Si/c1-6-15-14-7-8-17(15)26(11-14)21-23-19-18(20(27)24(21)2)16(22)12-25(19)13-28-9-10-29(3,4)5/h12,14-15,17H,6-11,13H2,1-5H3/t14-,15-,17-/m0/s1. The van der Waals surface area contributed by atoms with Crippen molar-refractivity contribution in [2.24, 2.45) is 18.9 Å². The zero-order valence-electron chi connectivity index (χ0n) is 18.2. The lowest BCUT2D eigenvalue weighted by Crippen LogP contribution is -2.38. The van der Waals surface area contributed by atoms with Gasteiger partial charge in [0.2, 0.25) is 5.95 Å². The topological polar surface area (TPSA) is 52.3 Å². The Balaban J connectivity index is 1.65. The highest BCUT2D eigenvalue weighted by Gasteiger charge is 2.47. The van der Waals surface area contributed by atoms with E-state index in [1.807, 2.05) is 17.8 Å². The number of hydrogen-bond donors (Lipinski definition) is 0. The first kappa shape index (κ1) is 21.4. The van der Waals surface area contributed by atoms with Crippen LogP contribution in [-0.4, -0.2) is 41.4 Å². The molecule has 160 valence electrons. The van der Waals surface area contributed by atoms with Gasteiger partial charge in [-0.05, 0) is 53.3 Å². The van der Waals surface area contributed by atoms with Gasteiger partial charge in [-0.3, -0.25) is 9.36 Å². The third kappa shape index (κ3) is 3.92. The summed E-state index contributed by atoms with van der Waals surface area (Å²) in [4.78, 5) is 20.6. The summed E-state index contributed by atoms with van der Waals surface area (Å²) in [7, 11) is 0.753. The van der Waals surface area contributed by atoms with Crippen LogP contribution in [0.1, 0.15) is 26.2 Å². The lowest BCUT2D eigenvalue weighted by molar-refractivity contribution is 0.0898. The van der Waals surface area contributed by atoms with E-state index in [0.29, 0.717) is 18.2 Å². The minimum Gasteiger partial charge on any atom is -0.361 e. The molecule has 8 heteroatoms. The fourth-order valence-electron chi connectivity index (χ4n) is 5.12. The van der Waals surface area contributed by atoms with Crippen LogP contribution in [0.3, 0.4) is 0 Å². The number of rotatable bonds is 7. The van der Waals surface area contributed by atoms with Gasteiger partial charge < -0.3 is 14.2 Å². The van der Waals surface area contributed by atoms with E-state index in [1.165, 1.54) is 19.3 Å². The molecule has 1 saturated heterocycles. The number of piperidine rings is 1. The van der Waals surface area contributed by atoms with E-state index < -0.39 is 8.07 Å². The van der Waals surface area contributed by atoms with Crippen molar-refractivity contribution >= 4 is 47.6 Å². The molecule has 0 unspecified atom stereocenters. The van der Waals surface area contributed by atoms with E-state index in [1.54, 1.807) is 4.57 Å². The summed E-state index contributed by atoms with van der Waals surface area (Å²) in [6.45, 7) is 11.6. The molecular weight excluding hydrogens is 495 g/mol. The lowest BCUT2D eigenvalue weighted by Gasteiger charge is -2.30. The maximum atomic E-state index is 13.2. The van der Waals surface area contributed by atoms with Gasteiger partial charge >= 0.3 is 0 Å². The normalized spacial score (nSPS) is 24.2. The van der Waals surface area contributed by atoms with Gasteiger partial charge in [-0.1, -0.05) is 33.0 Å². The number of ether oxygens (including phenoxy) is 1. The number of halogens is 1. The van der Waals surface area contributed by atoms with Crippen LogP contribution in [0.5, 0.6) is 0 Å². The maximum absolute atomic E-state index is 13.2. The molecule has 1 aliphatic heterocycles. The molecule has 2 aromatic rings. The Morgan fingerprint density at radius 2 is 2.07 bits per heavy atom. The first-order valence-corrected chi connectivity index (χ1v) is 15.6. The van der Waals surface area contributed by atoms with E-state index in [0.717, 1.165) is 46.2 Å². The average Bonchev–Trinajstić information content (AvgIpc) is 3.31. The average molecular weight is 529 g/mol. The molecule has 2 aromatic heterocycles. The fourth-order valence-corrected chi connectivity index (χ4v) is 6.68. The van der Waals surface area contributed by atoms with Gasteiger partial charge in [0, 0.05) is 44.1 Å².